The van der Waals surface area contributed by atoms with Crippen LogP contribution < -0.4 is 0 Å². The summed E-state index contributed by atoms with van der Waals surface area (Å²) in [5, 5.41) is 8.52. The van der Waals surface area contributed by atoms with Crippen molar-refractivity contribution in [2.45, 2.75) is 85.0 Å². The first-order chi connectivity index (χ1) is 10.9. The van der Waals surface area contributed by atoms with Gasteiger partial charge in [-0.25, -0.2) is 0 Å². The van der Waals surface area contributed by atoms with Gasteiger partial charge in [0.05, 0.1) is 6.61 Å². The van der Waals surface area contributed by atoms with Crippen LogP contribution in [0.3, 0.4) is 0 Å². The van der Waals surface area contributed by atoms with Crippen LogP contribution in [0.2, 0.25) is 0 Å². The lowest BCUT2D eigenvalue weighted by Gasteiger charge is -2.10. The predicted molar refractivity (Wildman–Crippen MR) is 93.4 cm³/mol. The summed E-state index contributed by atoms with van der Waals surface area (Å²) < 4.78 is 5.27. The summed E-state index contributed by atoms with van der Waals surface area (Å²) in [4.78, 5) is 21.9. The molecule has 0 saturated heterocycles. The highest BCUT2D eigenvalue weighted by atomic mass is 16.5. The molecule has 0 aliphatic carbocycles. The number of hydrogen-bond acceptors (Lipinski definition) is 3. The molecule has 0 aliphatic heterocycles. The van der Waals surface area contributed by atoms with E-state index in [4.69, 9.17) is 9.84 Å². The third kappa shape index (κ3) is 16.9. The number of esters is 1. The molecule has 0 radical (unpaired) electrons. The van der Waals surface area contributed by atoms with Gasteiger partial charge < -0.3 is 9.84 Å². The van der Waals surface area contributed by atoms with Crippen molar-refractivity contribution in [3.8, 4) is 0 Å². The summed E-state index contributed by atoms with van der Waals surface area (Å²) in [5.41, 5.74) is 1.35. The van der Waals surface area contributed by atoms with Gasteiger partial charge in [-0.1, -0.05) is 37.8 Å². The Bertz CT molecular complexity index is 356. The molecule has 1 atom stereocenters. The number of aliphatic carboxylic acids is 1. The molecule has 4 heteroatoms. The highest BCUT2D eigenvalue weighted by Crippen LogP contribution is 2.12. The van der Waals surface area contributed by atoms with Crippen molar-refractivity contribution in [3.05, 3.63) is 11.6 Å². The van der Waals surface area contributed by atoms with Gasteiger partial charge in [-0.15, -0.1) is 0 Å². The molecular formula is C19H34O4. The maximum absolute atomic E-state index is 11.6. The number of hydrogen-bond donors (Lipinski definition) is 1. The topological polar surface area (TPSA) is 63.6 Å². The van der Waals surface area contributed by atoms with Gasteiger partial charge in [-0.2, -0.15) is 0 Å². The van der Waals surface area contributed by atoms with Gasteiger partial charge in [0.25, 0.3) is 0 Å². The Morgan fingerprint density at radius 1 is 1.00 bits per heavy atom. The van der Waals surface area contributed by atoms with Crippen molar-refractivity contribution >= 4 is 11.9 Å². The van der Waals surface area contributed by atoms with Crippen molar-refractivity contribution in [3.63, 3.8) is 0 Å². The number of ether oxygens (including phenoxy) is 1. The van der Waals surface area contributed by atoms with Crippen LogP contribution in [0.1, 0.15) is 85.0 Å². The molecular weight excluding hydrogens is 292 g/mol. The summed E-state index contributed by atoms with van der Waals surface area (Å²) in [7, 11) is 0. The van der Waals surface area contributed by atoms with Crippen molar-refractivity contribution in [2.24, 2.45) is 5.92 Å². The normalized spacial score (nSPS) is 11.8. The van der Waals surface area contributed by atoms with Crippen molar-refractivity contribution in [1.29, 1.82) is 0 Å². The quantitative estimate of drug-likeness (QED) is 0.273. The van der Waals surface area contributed by atoms with Crippen LogP contribution >= 0.6 is 0 Å². The van der Waals surface area contributed by atoms with Crippen LogP contribution in [0, 0.1) is 5.92 Å². The zero-order valence-electron chi connectivity index (χ0n) is 15.1. The van der Waals surface area contributed by atoms with Crippen molar-refractivity contribution < 1.29 is 19.4 Å². The molecule has 0 aromatic rings. The molecule has 0 fully saturated rings. The Balaban J connectivity index is 3.43. The lowest BCUT2D eigenvalue weighted by atomic mass is 10.0. The number of carbonyl (C=O) groups excluding carboxylic acids is 1. The van der Waals surface area contributed by atoms with Crippen molar-refractivity contribution in [2.75, 3.05) is 6.61 Å². The minimum Gasteiger partial charge on any atom is -0.481 e. The number of allylic oxidation sites excluding steroid dienone is 2. The summed E-state index contributed by atoms with van der Waals surface area (Å²) in [5.74, 6) is -0.261. The predicted octanol–water partition coefficient (Wildman–Crippen LogP) is 5.12. The Morgan fingerprint density at radius 2 is 1.61 bits per heavy atom. The molecule has 0 amide bonds. The molecule has 1 unspecified atom stereocenters. The molecule has 0 aromatic carbocycles. The van der Waals surface area contributed by atoms with Crippen LogP contribution in [0.4, 0.5) is 0 Å². The van der Waals surface area contributed by atoms with E-state index in [0.717, 1.165) is 51.4 Å². The van der Waals surface area contributed by atoms with E-state index in [0.29, 0.717) is 18.9 Å². The van der Waals surface area contributed by atoms with E-state index in [2.05, 4.69) is 26.8 Å². The highest BCUT2D eigenvalue weighted by Gasteiger charge is 2.06. The van der Waals surface area contributed by atoms with Crippen LogP contribution in [0.15, 0.2) is 11.6 Å². The Labute approximate surface area is 141 Å². The Morgan fingerprint density at radius 3 is 2.22 bits per heavy atom. The van der Waals surface area contributed by atoms with Gasteiger partial charge in [-0.05, 0) is 51.9 Å². The van der Waals surface area contributed by atoms with E-state index in [1.807, 2.05) is 0 Å². The van der Waals surface area contributed by atoms with Gasteiger partial charge in [-0.3, -0.25) is 9.59 Å². The zero-order chi connectivity index (χ0) is 17.5. The minimum absolute atomic E-state index is 0.105. The number of rotatable bonds is 14. The second-order valence-corrected chi connectivity index (χ2v) is 6.63. The van der Waals surface area contributed by atoms with Gasteiger partial charge in [0.15, 0.2) is 0 Å². The molecule has 0 heterocycles. The molecule has 0 rings (SSSR count). The molecule has 0 saturated carbocycles. The summed E-state index contributed by atoms with van der Waals surface area (Å²) in [6.07, 6.45) is 10.6. The van der Waals surface area contributed by atoms with Gasteiger partial charge in [0, 0.05) is 12.8 Å². The molecule has 0 bridgehead atoms. The minimum atomic E-state index is -0.733. The fraction of sp³-hybridized carbons (Fsp3) is 0.789. The van der Waals surface area contributed by atoms with Crippen molar-refractivity contribution in [1.82, 2.24) is 0 Å². The first-order valence-corrected chi connectivity index (χ1v) is 8.92. The van der Waals surface area contributed by atoms with Crippen LogP contribution in [-0.2, 0) is 14.3 Å². The Kier molecular flexibility index (Phi) is 13.5. The first-order valence-electron chi connectivity index (χ1n) is 8.92. The lowest BCUT2D eigenvalue weighted by molar-refractivity contribution is -0.144. The average Bonchev–Trinajstić information content (AvgIpc) is 2.45. The number of carbonyl (C=O) groups is 2. The number of carboxylic acids is 1. The number of unbranched alkanes of at least 4 members (excludes halogenated alkanes) is 4. The second-order valence-electron chi connectivity index (χ2n) is 6.63. The van der Waals surface area contributed by atoms with E-state index >= 15 is 0 Å². The lowest BCUT2D eigenvalue weighted by Crippen LogP contribution is -2.08. The standard InChI is InChI=1S/C19H34O4/c1-16(2)10-9-11-17(3)14-15-23-19(22)13-8-6-4-5-7-12-18(20)21/h10,17H,4-9,11-15H2,1-3H3,(H,20,21). The van der Waals surface area contributed by atoms with E-state index < -0.39 is 5.97 Å². The first kappa shape index (κ1) is 21.7. The average molecular weight is 326 g/mol. The van der Waals surface area contributed by atoms with Crippen LogP contribution in [-0.4, -0.2) is 23.7 Å². The van der Waals surface area contributed by atoms with Gasteiger partial charge in [0.2, 0.25) is 0 Å². The smallest absolute Gasteiger partial charge is 0.305 e. The van der Waals surface area contributed by atoms with E-state index in [1.165, 1.54) is 5.57 Å². The Hall–Kier alpha value is -1.32. The highest BCUT2D eigenvalue weighted by molar-refractivity contribution is 5.69. The molecule has 4 nitrogen and oxygen atoms in total. The van der Waals surface area contributed by atoms with Crippen LogP contribution in [0.25, 0.3) is 0 Å². The largest absolute Gasteiger partial charge is 0.481 e. The fourth-order valence-corrected chi connectivity index (χ4v) is 2.32. The number of carboxylic acid groups (broad SMARTS) is 1. The van der Waals surface area contributed by atoms with Gasteiger partial charge >= 0.3 is 11.9 Å². The summed E-state index contributed by atoms with van der Waals surface area (Å²) in [6, 6.07) is 0. The third-order valence-corrected chi connectivity index (χ3v) is 3.86. The summed E-state index contributed by atoms with van der Waals surface area (Å²) >= 11 is 0. The fourth-order valence-electron chi connectivity index (χ4n) is 2.32. The SMILES string of the molecule is CC(C)=CCCC(C)CCOC(=O)CCCCCCCC(=O)O. The maximum atomic E-state index is 11.6. The molecule has 0 spiro atoms. The monoisotopic (exact) mass is 326 g/mol. The summed E-state index contributed by atoms with van der Waals surface area (Å²) in [6.45, 7) is 6.94. The van der Waals surface area contributed by atoms with E-state index in [9.17, 15) is 9.59 Å². The van der Waals surface area contributed by atoms with Gasteiger partial charge in [0.1, 0.15) is 0 Å². The molecule has 0 aromatic heterocycles. The maximum Gasteiger partial charge on any atom is 0.305 e. The second kappa shape index (κ2) is 14.3. The molecule has 134 valence electrons. The van der Waals surface area contributed by atoms with E-state index in [1.54, 1.807) is 0 Å². The van der Waals surface area contributed by atoms with Crippen LogP contribution in [0.5, 0.6) is 0 Å². The molecule has 0 aliphatic rings. The third-order valence-electron chi connectivity index (χ3n) is 3.86. The molecule has 1 N–H and O–H groups in total. The zero-order valence-corrected chi connectivity index (χ0v) is 15.1. The van der Waals surface area contributed by atoms with E-state index in [-0.39, 0.29) is 12.4 Å². The molecule has 23 heavy (non-hydrogen) atoms.